The summed E-state index contributed by atoms with van der Waals surface area (Å²) in [6.45, 7) is 15.4. The number of rotatable bonds is 7. The van der Waals surface area contributed by atoms with E-state index in [1.165, 1.54) is 44.1 Å². The summed E-state index contributed by atoms with van der Waals surface area (Å²) in [7, 11) is 0. The van der Waals surface area contributed by atoms with Gasteiger partial charge < -0.3 is 9.66 Å². The van der Waals surface area contributed by atoms with Crippen LogP contribution in [-0.4, -0.2) is 25.6 Å². The second-order valence-electron chi connectivity index (χ2n) is 12.8. The maximum Gasteiger partial charge on any atom is 1.00 e. The zero-order valence-corrected chi connectivity index (χ0v) is 26.7. The monoisotopic (exact) mass is 518 g/mol. The predicted molar refractivity (Wildman–Crippen MR) is 140 cm³/mol. The van der Waals surface area contributed by atoms with E-state index >= 15 is 0 Å². The molecule has 9 atom stereocenters. The van der Waals surface area contributed by atoms with Crippen molar-refractivity contribution >= 4 is 11.4 Å². The number of hydrogen-bond acceptors (Lipinski definition) is 4. The topological polar surface area (TPSA) is 69.6 Å². The molecule has 8 unspecified atom stereocenters. The van der Waals surface area contributed by atoms with Gasteiger partial charge in [-0.1, -0.05) is 59.1 Å². The van der Waals surface area contributed by atoms with Crippen molar-refractivity contribution in [2.45, 2.75) is 131 Å². The van der Waals surface area contributed by atoms with Gasteiger partial charge in [0.2, 0.25) is 0 Å². The molecule has 0 spiro atoms. The van der Waals surface area contributed by atoms with Crippen molar-refractivity contribution in [1.29, 1.82) is 0 Å². The molecule has 6 heteroatoms. The van der Waals surface area contributed by atoms with E-state index in [-0.39, 0.29) is 41.1 Å². The van der Waals surface area contributed by atoms with Gasteiger partial charge in [0.05, 0.1) is 23.1 Å². The molecule has 0 saturated heterocycles. The average molecular weight is 519 g/mol. The summed E-state index contributed by atoms with van der Waals surface area (Å²) in [5.74, 6) is 3.88. The van der Waals surface area contributed by atoms with Gasteiger partial charge in [0.15, 0.2) is 0 Å². The Bertz CT molecular complexity index is 749. The quantitative estimate of drug-likeness (QED) is 0.309. The van der Waals surface area contributed by atoms with Gasteiger partial charge in [0.1, 0.15) is 0 Å². The second kappa shape index (κ2) is 12.7. The first kappa shape index (κ1) is 32.0. The van der Waals surface area contributed by atoms with Gasteiger partial charge in [-0.25, -0.2) is 4.21 Å². The molecule has 1 N–H and O–H groups in total. The zero-order chi connectivity index (χ0) is 25.3. The van der Waals surface area contributed by atoms with Crippen molar-refractivity contribution in [3.8, 4) is 0 Å². The molecule has 198 valence electrons. The van der Waals surface area contributed by atoms with Crippen molar-refractivity contribution in [2.75, 3.05) is 0 Å². The van der Waals surface area contributed by atoms with Crippen LogP contribution in [0.5, 0.6) is 0 Å². The molecule has 4 aliphatic rings. The molecule has 4 nitrogen and oxygen atoms in total. The SMILES string of the molecule is CC.C[C@H](CCCC(C)(C)O)C1CCC2C3CC=C4CC(OS(=O)[O-])CCC4(C)C3CCC21C.[Na+]. The predicted octanol–water partition coefficient (Wildman–Crippen LogP) is 4.35. The molecule has 3 saturated carbocycles. The van der Waals surface area contributed by atoms with E-state index in [0.717, 1.165) is 61.7 Å². The van der Waals surface area contributed by atoms with E-state index in [0.29, 0.717) is 5.41 Å². The molecule has 0 amide bonds. The van der Waals surface area contributed by atoms with Gasteiger partial charge in [0, 0.05) is 0 Å². The van der Waals surface area contributed by atoms with E-state index in [9.17, 15) is 13.9 Å². The Labute approximate surface area is 240 Å². The van der Waals surface area contributed by atoms with Gasteiger partial charge in [-0.05, 0) is 112 Å². The largest absolute Gasteiger partial charge is 1.00 e. The Balaban J connectivity index is 0.00000140. The van der Waals surface area contributed by atoms with Crippen LogP contribution >= 0.6 is 0 Å². The zero-order valence-electron chi connectivity index (χ0n) is 23.9. The fourth-order valence-electron chi connectivity index (χ4n) is 8.85. The molecular weight excluding hydrogens is 467 g/mol. The third kappa shape index (κ3) is 6.86. The summed E-state index contributed by atoms with van der Waals surface area (Å²) in [4.78, 5) is 0. The Morgan fingerprint density at radius 1 is 1.17 bits per heavy atom. The average Bonchev–Trinajstić information content (AvgIpc) is 3.11. The van der Waals surface area contributed by atoms with Crippen molar-refractivity contribution in [1.82, 2.24) is 0 Å². The molecular formula is C29H51NaO4S. The summed E-state index contributed by atoms with van der Waals surface area (Å²) >= 11 is -2.41. The first-order chi connectivity index (χ1) is 15.9. The van der Waals surface area contributed by atoms with Gasteiger partial charge >= 0.3 is 29.6 Å². The molecule has 0 bridgehead atoms. The first-order valence-electron chi connectivity index (χ1n) is 14.1. The molecule has 0 radical (unpaired) electrons. The molecule has 4 aliphatic carbocycles. The van der Waals surface area contributed by atoms with Gasteiger partial charge in [0.25, 0.3) is 0 Å². The summed E-state index contributed by atoms with van der Waals surface area (Å²) in [6.07, 6.45) is 14.8. The van der Waals surface area contributed by atoms with Crippen LogP contribution in [-0.2, 0) is 15.5 Å². The summed E-state index contributed by atoms with van der Waals surface area (Å²) < 4.78 is 27.2. The minimum absolute atomic E-state index is 0. The number of fused-ring (bicyclic) bond motifs is 5. The maximum absolute atomic E-state index is 11.0. The van der Waals surface area contributed by atoms with E-state index in [1.54, 1.807) is 0 Å². The van der Waals surface area contributed by atoms with Gasteiger partial charge in [-0.15, -0.1) is 0 Å². The molecule has 3 fully saturated rings. The van der Waals surface area contributed by atoms with Crippen LogP contribution in [0.25, 0.3) is 0 Å². The maximum atomic E-state index is 11.0. The molecule has 0 heterocycles. The normalized spacial score (nSPS) is 40.0. The van der Waals surface area contributed by atoms with Crippen LogP contribution in [0, 0.1) is 40.4 Å². The van der Waals surface area contributed by atoms with Gasteiger partial charge in [-0.2, -0.15) is 0 Å². The van der Waals surface area contributed by atoms with Crippen molar-refractivity contribution in [2.24, 2.45) is 40.4 Å². The van der Waals surface area contributed by atoms with E-state index in [2.05, 4.69) is 26.8 Å². The molecule has 4 rings (SSSR count). The van der Waals surface area contributed by atoms with E-state index in [4.69, 9.17) is 4.18 Å². The van der Waals surface area contributed by atoms with Crippen molar-refractivity contribution in [3.05, 3.63) is 11.6 Å². The Kier molecular flexibility index (Phi) is 11.7. The smallest absolute Gasteiger partial charge is 0.750 e. The summed E-state index contributed by atoms with van der Waals surface area (Å²) in [6, 6.07) is 0. The molecule has 0 aromatic carbocycles. The van der Waals surface area contributed by atoms with Crippen molar-refractivity contribution in [3.63, 3.8) is 0 Å². The summed E-state index contributed by atoms with van der Waals surface area (Å²) in [5.41, 5.74) is 1.61. The standard InChI is InChI=1S/C27H46O4S.C2H6.Na/c1-18(7-6-14-25(2,3)28)22-10-11-23-21-9-8-19-17-20(31-32(29)30)12-15-26(19,4)24(21)13-16-27(22,23)5;1-2;/h8,18,20-24,28H,6-7,9-17H2,1-5H3,(H,29,30);1-2H3;/q;;+1/p-1/t18-,20?,21?,22?,23?,24?,26?,27?;;/m1../s1. The third-order valence-corrected chi connectivity index (χ3v) is 10.9. The summed E-state index contributed by atoms with van der Waals surface area (Å²) in [5, 5.41) is 10.1. The Hall–Kier alpha value is 0.770. The number of allylic oxidation sites excluding steroid dienone is 1. The van der Waals surface area contributed by atoms with E-state index in [1.807, 2.05) is 27.7 Å². The van der Waals surface area contributed by atoms with Crippen LogP contribution in [0.3, 0.4) is 0 Å². The fraction of sp³-hybridized carbons (Fsp3) is 0.931. The van der Waals surface area contributed by atoms with Crippen LogP contribution in [0.15, 0.2) is 11.6 Å². The second-order valence-corrected chi connectivity index (χ2v) is 13.4. The first-order valence-corrected chi connectivity index (χ1v) is 15.1. The van der Waals surface area contributed by atoms with Crippen LogP contribution in [0.1, 0.15) is 119 Å². The van der Waals surface area contributed by atoms with Crippen LogP contribution < -0.4 is 29.6 Å². The van der Waals surface area contributed by atoms with Crippen molar-refractivity contribution < 1.29 is 47.6 Å². The Morgan fingerprint density at radius 2 is 1.86 bits per heavy atom. The van der Waals surface area contributed by atoms with E-state index < -0.39 is 17.0 Å². The minimum Gasteiger partial charge on any atom is -0.750 e. The number of aliphatic hydroxyl groups is 1. The molecule has 0 aromatic rings. The molecule has 35 heavy (non-hydrogen) atoms. The minimum atomic E-state index is -2.41. The van der Waals surface area contributed by atoms with Crippen LogP contribution in [0.2, 0.25) is 0 Å². The number of hydrogen-bond donors (Lipinski definition) is 1. The third-order valence-electron chi connectivity index (χ3n) is 10.5. The Morgan fingerprint density at radius 3 is 2.49 bits per heavy atom. The van der Waals surface area contributed by atoms with Crippen LogP contribution in [0.4, 0.5) is 0 Å². The molecule has 0 aromatic heterocycles. The molecule has 0 aliphatic heterocycles. The van der Waals surface area contributed by atoms with Gasteiger partial charge in [-0.3, -0.25) is 4.18 Å². The fourth-order valence-corrected chi connectivity index (χ4v) is 9.24.